The fourth-order valence-corrected chi connectivity index (χ4v) is 4.77. The number of amides is 2. The molecule has 2 rings (SSSR count). The summed E-state index contributed by atoms with van der Waals surface area (Å²) in [5.41, 5.74) is 2.18. The molecule has 0 spiro atoms. The maximum atomic E-state index is 13.2. The Balaban J connectivity index is 2.16. The number of carbonyl (C=O) groups is 2. The van der Waals surface area contributed by atoms with Crippen molar-refractivity contribution < 1.29 is 18.0 Å². The van der Waals surface area contributed by atoms with Crippen LogP contribution in [0.2, 0.25) is 5.02 Å². The maximum absolute atomic E-state index is 13.2. The molecule has 9 heteroatoms. The van der Waals surface area contributed by atoms with Crippen LogP contribution in [0.1, 0.15) is 44.2 Å². The van der Waals surface area contributed by atoms with Gasteiger partial charge in [-0.2, -0.15) is 0 Å². The molecule has 1 N–H and O–H groups in total. The van der Waals surface area contributed by atoms with Gasteiger partial charge in [-0.25, -0.2) is 8.42 Å². The zero-order valence-corrected chi connectivity index (χ0v) is 21.8. The topological polar surface area (TPSA) is 86.8 Å². The van der Waals surface area contributed by atoms with Crippen molar-refractivity contribution in [3.63, 3.8) is 0 Å². The number of nitrogens with zero attached hydrogens (tertiary/aromatic N) is 2. The van der Waals surface area contributed by atoms with Crippen LogP contribution in [0, 0.1) is 6.92 Å². The second kappa shape index (κ2) is 12.8. The van der Waals surface area contributed by atoms with Crippen molar-refractivity contribution in [2.75, 3.05) is 23.7 Å². The summed E-state index contributed by atoms with van der Waals surface area (Å²) in [4.78, 5) is 27.4. The number of nitrogens with one attached hydrogen (secondary N) is 1. The van der Waals surface area contributed by atoms with Gasteiger partial charge in [-0.05, 0) is 49.9 Å². The number of rotatable bonds is 12. The van der Waals surface area contributed by atoms with Crippen molar-refractivity contribution in [1.29, 1.82) is 0 Å². The first-order valence-electron chi connectivity index (χ1n) is 11.4. The summed E-state index contributed by atoms with van der Waals surface area (Å²) in [7, 11) is -3.58. The van der Waals surface area contributed by atoms with E-state index in [0.29, 0.717) is 30.2 Å². The van der Waals surface area contributed by atoms with Gasteiger partial charge >= 0.3 is 0 Å². The van der Waals surface area contributed by atoms with Crippen LogP contribution in [0.25, 0.3) is 0 Å². The summed E-state index contributed by atoms with van der Waals surface area (Å²) in [6, 6.07) is 13.9. The Kier molecular flexibility index (Phi) is 10.4. The monoisotopic (exact) mass is 507 g/mol. The minimum absolute atomic E-state index is 0.101. The summed E-state index contributed by atoms with van der Waals surface area (Å²) >= 11 is 6.09. The lowest BCUT2D eigenvalue weighted by molar-refractivity contribution is -0.140. The van der Waals surface area contributed by atoms with E-state index in [4.69, 9.17) is 11.6 Å². The molecule has 1 atom stereocenters. The molecule has 2 aromatic carbocycles. The maximum Gasteiger partial charge on any atom is 0.242 e. The van der Waals surface area contributed by atoms with E-state index in [9.17, 15) is 18.0 Å². The molecule has 0 aromatic heterocycles. The SMILES string of the molecule is CCCNC(=O)[C@@H](C)N(Cc1ccccc1)C(=O)CCCN(c1cc(Cl)ccc1C)S(C)(=O)=O. The molecule has 0 fully saturated rings. The normalized spacial score (nSPS) is 12.1. The van der Waals surface area contributed by atoms with Crippen molar-refractivity contribution >= 4 is 39.1 Å². The molecule has 34 heavy (non-hydrogen) atoms. The average Bonchev–Trinajstić information content (AvgIpc) is 2.79. The minimum Gasteiger partial charge on any atom is -0.354 e. The lowest BCUT2D eigenvalue weighted by atomic mass is 10.1. The second-order valence-electron chi connectivity index (χ2n) is 8.34. The molecule has 0 bridgehead atoms. The lowest BCUT2D eigenvalue weighted by Gasteiger charge is -2.29. The van der Waals surface area contributed by atoms with Gasteiger partial charge in [0.25, 0.3) is 0 Å². The molecule has 0 saturated carbocycles. The van der Waals surface area contributed by atoms with Crippen LogP contribution in [0.5, 0.6) is 0 Å². The predicted molar refractivity (Wildman–Crippen MR) is 137 cm³/mol. The Hall–Kier alpha value is -2.58. The Morgan fingerprint density at radius 3 is 2.41 bits per heavy atom. The van der Waals surface area contributed by atoms with Gasteiger partial charge in [0, 0.05) is 31.1 Å². The first-order valence-corrected chi connectivity index (χ1v) is 13.6. The molecule has 0 aliphatic heterocycles. The zero-order chi connectivity index (χ0) is 25.3. The number of benzene rings is 2. The van der Waals surface area contributed by atoms with Gasteiger partial charge in [0.15, 0.2) is 0 Å². The Bertz CT molecular complexity index is 1080. The Morgan fingerprint density at radius 2 is 1.79 bits per heavy atom. The van der Waals surface area contributed by atoms with Gasteiger partial charge in [0.1, 0.15) is 6.04 Å². The predicted octanol–water partition coefficient (Wildman–Crippen LogP) is 4.14. The van der Waals surface area contributed by atoms with E-state index < -0.39 is 16.1 Å². The Morgan fingerprint density at radius 1 is 1.12 bits per heavy atom. The van der Waals surface area contributed by atoms with E-state index in [-0.39, 0.29) is 24.8 Å². The molecular weight excluding hydrogens is 474 g/mol. The number of carbonyl (C=O) groups excluding carboxylic acids is 2. The van der Waals surface area contributed by atoms with Crippen molar-refractivity contribution in [1.82, 2.24) is 10.2 Å². The highest BCUT2D eigenvalue weighted by Gasteiger charge is 2.26. The number of halogens is 1. The Labute approximate surface area is 208 Å². The molecule has 7 nitrogen and oxygen atoms in total. The summed E-state index contributed by atoms with van der Waals surface area (Å²) in [5.74, 6) is -0.419. The third-order valence-corrected chi connectivity index (χ3v) is 6.92. The van der Waals surface area contributed by atoms with Crippen LogP contribution < -0.4 is 9.62 Å². The van der Waals surface area contributed by atoms with Crippen LogP contribution in [-0.2, 0) is 26.2 Å². The number of hydrogen-bond acceptors (Lipinski definition) is 4. The molecule has 2 amide bonds. The second-order valence-corrected chi connectivity index (χ2v) is 10.7. The van der Waals surface area contributed by atoms with E-state index in [0.717, 1.165) is 23.8 Å². The summed E-state index contributed by atoms with van der Waals surface area (Å²) in [6.45, 7) is 6.45. The fraction of sp³-hybridized carbons (Fsp3) is 0.440. The van der Waals surface area contributed by atoms with E-state index >= 15 is 0 Å². The highest BCUT2D eigenvalue weighted by Crippen LogP contribution is 2.26. The molecule has 0 aliphatic rings. The van der Waals surface area contributed by atoms with E-state index in [1.807, 2.05) is 44.2 Å². The molecule has 186 valence electrons. The van der Waals surface area contributed by atoms with Crippen molar-refractivity contribution in [2.24, 2.45) is 0 Å². The summed E-state index contributed by atoms with van der Waals surface area (Å²) in [5, 5.41) is 3.28. The summed E-state index contributed by atoms with van der Waals surface area (Å²) in [6.07, 6.45) is 2.34. The van der Waals surface area contributed by atoms with Gasteiger partial charge < -0.3 is 10.2 Å². The zero-order valence-electron chi connectivity index (χ0n) is 20.3. The number of hydrogen-bond donors (Lipinski definition) is 1. The molecule has 2 aromatic rings. The van der Waals surface area contributed by atoms with Gasteiger partial charge in [0.2, 0.25) is 21.8 Å². The highest BCUT2D eigenvalue weighted by molar-refractivity contribution is 7.92. The quantitative estimate of drug-likeness (QED) is 0.467. The third-order valence-electron chi connectivity index (χ3n) is 5.50. The molecule has 0 aliphatic carbocycles. The molecule has 0 radical (unpaired) electrons. The molecule has 0 unspecified atom stereocenters. The van der Waals surface area contributed by atoms with Crippen LogP contribution in [-0.4, -0.2) is 50.5 Å². The number of aryl methyl sites for hydroxylation is 1. The van der Waals surface area contributed by atoms with E-state index in [1.54, 1.807) is 30.0 Å². The van der Waals surface area contributed by atoms with Crippen molar-refractivity contribution in [2.45, 2.75) is 52.6 Å². The fourth-order valence-electron chi connectivity index (χ4n) is 3.59. The smallest absolute Gasteiger partial charge is 0.242 e. The standard InChI is InChI=1S/C25H34ClN3O4S/c1-5-15-27-25(31)20(3)28(18-21-10-7-6-8-11-21)24(30)12-9-16-29(34(4,32)33)23-17-22(26)14-13-19(23)2/h6-8,10-11,13-14,17,20H,5,9,12,15-16,18H2,1-4H3,(H,27,31)/t20-/m1/s1. The van der Waals surface area contributed by atoms with Gasteiger partial charge in [-0.15, -0.1) is 0 Å². The van der Waals surface area contributed by atoms with Crippen LogP contribution >= 0.6 is 11.6 Å². The summed E-state index contributed by atoms with van der Waals surface area (Å²) < 4.78 is 26.2. The number of sulfonamides is 1. The van der Waals surface area contributed by atoms with Gasteiger partial charge in [-0.1, -0.05) is 54.9 Å². The van der Waals surface area contributed by atoms with E-state index in [1.165, 1.54) is 4.31 Å². The van der Waals surface area contributed by atoms with Crippen molar-refractivity contribution in [3.8, 4) is 0 Å². The van der Waals surface area contributed by atoms with Crippen LogP contribution in [0.4, 0.5) is 5.69 Å². The molecule has 0 heterocycles. The molecule has 0 saturated heterocycles. The average molecular weight is 508 g/mol. The van der Waals surface area contributed by atoms with Crippen LogP contribution in [0.15, 0.2) is 48.5 Å². The molecular formula is C25H34ClN3O4S. The lowest BCUT2D eigenvalue weighted by Crippen LogP contribution is -2.47. The first kappa shape index (κ1) is 27.7. The third kappa shape index (κ3) is 8.02. The van der Waals surface area contributed by atoms with E-state index in [2.05, 4.69) is 5.32 Å². The largest absolute Gasteiger partial charge is 0.354 e. The minimum atomic E-state index is -3.58. The van der Waals surface area contributed by atoms with Crippen molar-refractivity contribution in [3.05, 3.63) is 64.7 Å². The van der Waals surface area contributed by atoms with Gasteiger partial charge in [0.05, 0.1) is 11.9 Å². The van der Waals surface area contributed by atoms with Gasteiger partial charge in [-0.3, -0.25) is 13.9 Å². The van der Waals surface area contributed by atoms with Crippen LogP contribution in [0.3, 0.4) is 0 Å². The first-order chi connectivity index (χ1) is 16.0. The highest BCUT2D eigenvalue weighted by atomic mass is 35.5. The number of anilines is 1.